The highest BCUT2D eigenvalue weighted by Crippen LogP contribution is 2.22. The number of nitrogens with one attached hydrogen (secondary N) is 1. The third-order valence-corrected chi connectivity index (χ3v) is 6.09. The van der Waals surface area contributed by atoms with E-state index in [1.807, 2.05) is 43.6 Å². The van der Waals surface area contributed by atoms with Crippen LogP contribution in [0.5, 0.6) is 0 Å². The van der Waals surface area contributed by atoms with Crippen molar-refractivity contribution in [2.75, 3.05) is 41.3 Å². The molecular weight excluding hydrogens is 398 g/mol. The number of aryl methyl sites for hydroxylation is 1. The second kappa shape index (κ2) is 8.75. The van der Waals surface area contributed by atoms with Crippen LogP contribution in [0.15, 0.2) is 79.1 Å². The molecule has 0 unspecified atom stereocenters. The number of hydrogen-bond donors (Lipinski definition) is 1. The van der Waals surface area contributed by atoms with Crippen LogP contribution < -0.4 is 15.1 Å². The van der Waals surface area contributed by atoms with E-state index in [-0.39, 0.29) is 5.91 Å². The monoisotopic (exact) mass is 425 g/mol. The van der Waals surface area contributed by atoms with Gasteiger partial charge >= 0.3 is 0 Å². The Labute approximate surface area is 188 Å². The van der Waals surface area contributed by atoms with Gasteiger partial charge in [0.25, 0.3) is 0 Å². The number of fused-ring (bicyclic) bond motifs is 1. The second-order valence-electron chi connectivity index (χ2n) is 8.22. The first kappa shape index (κ1) is 20.1. The van der Waals surface area contributed by atoms with Gasteiger partial charge in [0.1, 0.15) is 5.82 Å². The number of nitrogens with zero attached hydrogens (tertiary/aromatic N) is 4. The molecule has 32 heavy (non-hydrogen) atoms. The molecule has 0 bridgehead atoms. The van der Waals surface area contributed by atoms with Crippen molar-refractivity contribution in [1.29, 1.82) is 0 Å². The summed E-state index contributed by atoms with van der Waals surface area (Å²) in [4.78, 5) is 21.9. The number of benzene rings is 2. The van der Waals surface area contributed by atoms with Crippen molar-refractivity contribution >= 4 is 34.0 Å². The minimum Gasteiger partial charge on any atom is -0.368 e. The number of aromatic nitrogens is 2. The van der Waals surface area contributed by atoms with Crippen LogP contribution in [0.4, 0.5) is 17.2 Å². The Kier molecular flexibility index (Phi) is 5.50. The molecule has 1 N–H and O–H groups in total. The molecule has 1 amide bonds. The summed E-state index contributed by atoms with van der Waals surface area (Å²) in [6.07, 6.45) is 4.12. The smallest absolute Gasteiger partial charge is 0.228 e. The van der Waals surface area contributed by atoms with Crippen molar-refractivity contribution in [2.45, 2.75) is 6.42 Å². The molecule has 5 rings (SSSR count). The highest BCUT2D eigenvalue weighted by atomic mass is 16.1. The van der Waals surface area contributed by atoms with Crippen molar-refractivity contribution in [3.63, 3.8) is 0 Å². The van der Waals surface area contributed by atoms with Gasteiger partial charge in [-0.15, -0.1) is 0 Å². The summed E-state index contributed by atoms with van der Waals surface area (Å²) in [6, 6.07) is 22.6. The quantitative estimate of drug-likeness (QED) is 0.524. The lowest BCUT2D eigenvalue weighted by Crippen LogP contribution is -2.46. The molecule has 2 aromatic heterocycles. The van der Waals surface area contributed by atoms with Crippen LogP contribution in [0.1, 0.15) is 5.56 Å². The van der Waals surface area contributed by atoms with Crippen molar-refractivity contribution in [3.05, 3.63) is 84.7 Å². The molecule has 6 nitrogen and oxygen atoms in total. The Morgan fingerprint density at radius 3 is 2.38 bits per heavy atom. The van der Waals surface area contributed by atoms with Crippen molar-refractivity contribution in [1.82, 2.24) is 9.55 Å². The maximum atomic E-state index is 12.6. The maximum Gasteiger partial charge on any atom is 0.228 e. The molecule has 6 heteroatoms. The van der Waals surface area contributed by atoms with Gasteiger partial charge in [0, 0.05) is 56.0 Å². The fourth-order valence-corrected chi connectivity index (χ4v) is 4.42. The summed E-state index contributed by atoms with van der Waals surface area (Å²) in [5.41, 5.74) is 4.15. The van der Waals surface area contributed by atoms with Gasteiger partial charge < -0.3 is 19.7 Å². The number of piperazine rings is 1. The maximum absolute atomic E-state index is 12.6. The molecule has 4 aromatic rings. The van der Waals surface area contributed by atoms with E-state index in [1.165, 1.54) is 5.69 Å². The van der Waals surface area contributed by atoms with Crippen molar-refractivity contribution < 1.29 is 4.79 Å². The molecule has 0 saturated carbocycles. The van der Waals surface area contributed by atoms with Gasteiger partial charge in [0.2, 0.25) is 5.91 Å². The normalized spacial score (nSPS) is 14.0. The number of pyridine rings is 1. The second-order valence-corrected chi connectivity index (χ2v) is 8.22. The first-order valence-electron chi connectivity index (χ1n) is 11.0. The highest BCUT2D eigenvalue weighted by molar-refractivity contribution is 5.95. The Hall–Kier alpha value is -3.80. The predicted molar refractivity (Wildman–Crippen MR) is 130 cm³/mol. The number of para-hydroxylation sites is 2. The molecule has 0 radical (unpaired) electrons. The predicted octanol–water partition coefficient (Wildman–Crippen LogP) is 4.08. The third-order valence-electron chi connectivity index (χ3n) is 6.09. The fraction of sp³-hybridized carbons (Fsp3) is 0.231. The average Bonchev–Trinajstić information content (AvgIpc) is 3.15. The largest absolute Gasteiger partial charge is 0.368 e. The standard InChI is InChI=1S/C26H27N5O/c1-29-19-20(23-9-5-6-10-24(23)29)17-26(32)28-21-11-12-25(27-18-21)31-15-13-30(14-16-31)22-7-3-2-4-8-22/h2-12,18-19H,13-17H2,1H3,(H,28,32). The minimum absolute atomic E-state index is 0.0348. The Balaban J connectivity index is 1.18. The van der Waals surface area contributed by atoms with E-state index in [9.17, 15) is 4.79 Å². The van der Waals surface area contributed by atoms with Gasteiger partial charge in [0.05, 0.1) is 18.3 Å². The molecule has 1 fully saturated rings. The van der Waals surface area contributed by atoms with E-state index in [4.69, 9.17) is 0 Å². The van der Waals surface area contributed by atoms with E-state index >= 15 is 0 Å². The van der Waals surface area contributed by atoms with E-state index in [2.05, 4.69) is 61.1 Å². The molecule has 1 saturated heterocycles. The number of amides is 1. The topological polar surface area (TPSA) is 53.4 Å². The highest BCUT2D eigenvalue weighted by Gasteiger charge is 2.18. The zero-order valence-electron chi connectivity index (χ0n) is 18.2. The minimum atomic E-state index is -0.0348. The van der Waals surface area contributed by atoms with Gasteiger partial charge in [-0.2, -0.15) is 0 Å². The summed E-state index contributed by atoms with van der Waals surface area (Å²) in [6.45, 7) is 3.79. The fourth-order valence-electron chi connectivity index (χ4n) is 4.42. The molecule has 3 heterocycles. The van der Waals surface area contributed by atoms with Crippen molar-refractivity contribution in [2.24, 2.45) is 7.05 Å². The molecule has 1 aliphatic heterocycles. The average molecular weight is 426 g/mol. The number of hydrogen-bond acceptors (Lipinski definition) is 4. The molecule has 0 aliphatic carbocycles. The number of rotatable bonds is 5. The number of carbonyl (C=O) groups excluding carboxylic acids is 1. The van der Waals surface area contributed by atoms with Crippen LogP contribution in [-0.2, 0) is 18.3 Å². The summed E-state index contributed by atoms with van der Waals surface area (Å²) in [5, 5.41) is 4.10. The van der Waals surface area contributed by atoms with Gasteiger partial charge in [-0.3, -0.25) is 4.79 Å². The molecule has 0 atom stereocenters. The summed E-state index contributed by atoms with van der Waals surface area (Å²) >= 11 is 0. The Morgan fingerprint density at radius 2 is 1.62 bits per heavy atom. The number of carbonyl (C=O) groups is 1. The first-order valence-corrected chi connectivity index (χ1v) is 11.0. The van der Waals surface area contributed by atoms with Gasteiger partial charge in [0.15, 0.2) is 0 Å². The van der Waals surface area contributed by atoms with Crippen LogP contribution >= 0.6 is 0 Å². The lowest BCUT2D eigenvalue weighted by Gasteiger charge is -2.36. The summed E-state index contributed by atoms with van der Waals surface area (Å²) < 4.78 is 2.06. The van der Waals surface area contributed by atoms with Crippen molar-refractivity contribution in [3.8, 4) is 0 Å². The zero-order chi connectivity index (χ0) is 21.9. The molecule has 2 aromatic carbocycles. The van der Waals surface area contributed by atoms with Crippen LogP contribution in [0, 0.1) is 0 Å². The lowest BCUT2D eigenvalue weighted by atomic mass is 10.1. The molecule has 1 aliphatic rings. The zero-order valence-corrected chi connectivity index (χ0v) is 18.2. The van der Waals surface area contributed by atoms with E-state index in [0.29, 0.717) is 6.42 Å². The molecule has 0 spiro atoms. The summed E-state index contributed by atoms with van der Waals surface area (Å²) in [7, 11) is 2.01. The van der Waals surface area contributed by atoms with Gasteiger partial charge in [-0.1, -0.05) is 36.4 Å². The van der Waals surface area contributed by atoms with E-state index in [0.717, 1.165) is 54.2 Å². The van der Waals surface area contributed by atoms with Crippen LogP contribution in [0.2, 0.25) is 0 Å². The van der Waals surface area contributed by atoms with Gasteiger partial charge in [-0.25, -0.2) is 4.98 Å². The SMILES string of the molecule is Cn1cc(CC(=O)Nc2ccc(N3CCN(c4ccccc4)CC3)nc2)c2ccccc21. The van der Waals surface area contributed by atoms with E-state index < -0.39 is 0 Å². The Morgan fingerprint density at radius 1 is 0.906 bits per heavy atom. The van der Waals surface area contributed by atoms with E-state index in [1.54, 1.807) is 6.20 Å². The number of anilines is 3. The van der Waals surface area contributed by atoms with Crippen LogP contribution in [0.3, 0.4) is 0 Å². The third kappa shape index (κ3) is 4.17. The lowest BCUT2D eigenvalue weighted by molar-refractivity contribution is -0.115. The summed E-state index contributed by atoms with van der Waals surface area (Å²) in [5.74, 6) is 0.914. The molecule has 162 valence electrons. The molecular formula is C26H27N5O. The van der Waals surface area contributed by atoms with Crippen LogP contribution in [0.25, 0.3) is 10.9 Å². The van der Waals surface area contributed by atoms with Crippen LogP contribution in [-0.4, -0.2) is 41.6 Å². The van der Waals surface area contributed by atoms with Gasteiger partial charge in [-0.05, 0) is 35.9 Å². The Bertz CT molecular complexity index is 1210. The first-order chi connectivity index (χ1) is 15.7.